The molecule has 0 saturated carbocycles. The van der Waals surface area contributed by atoms with Gasteiger partial charge in [0.05, 0.1) is 0 Å². The van der Waals surface area contributed by atoms with E-state index in [-0.39, 0.29) is 5.54 Å². The number of aromatic nitrogens is 1. The van der Waals surface area contributed by atoms with Crippen LogP contribution >= 0.6 is 0 Å². The topological polar surface area (TPSA) is 27.8 Å². The van der Waals surface area contributed by atoms with E-state index in [9.17, 15) is 0 Å². The van der Waals surface area contributed by atoms with Crippen molar-refractivity contribution >= 4 is 10.9 Å². The van der Waals surface area contributed by atoms with Gasteiger partial charge >= 0.3 is 0 Å². The quantitative estimate of drug-likeness (QED) is 0.672. The Kier molecular flexibility index (Phi) is 1.71. The number of fused-ring (bicyclic) bond motifs is 3. The highest BCUT2D eigenvalue weighted by Gasteiger charge is 2.26. The second kappa shape index (κ2) is 2.86. The van der Waals surface area contributed by atoms with Gasteiger partial charge in [0.1, 0.15) is 0 Å². The maximum absolute atomic E-state index is 3.54. The predicted octanol–water partition coefficient (Wildman–Crippen LogP) is 2.59. The number of rotatable bonds is 0. The lowest BCUT2D eigenvalue weighted by Gasteiger charge is -2.31. The maximum Gasteiger partial charge on any atom is 0.0459 e. The van der Waals surface area contributed by atoms with Gasteiger partial charge in [0, 0.05) is 28.7 Å². The molecule has 0 aliphatic carbocycles. The van der Waals surface area contributed by atoms with Gasteiger partial charge in [-0.25, -0.2) is 0 Å². The number of benzene rings is 1. The van der Waals surface area contributed by atoms with Crippen LogP contribution in [0.2, 0.25) is 0 Å². The molecule has 0 unspecified atom stereocenters. The highest BCUT2D eigenvalue weighted by Crippen LogP contribution is 2.29. The summed E-state index contributed by atoms with van der Waals surface area (Å²) in [7, 11) is 0. The average molecular weight is 200 g/mol. The zero-order valence-electron chi connectivity index (χ0n) is 9.22. The van der Waals surface area contributed by atoms with Crippen LogP contribution in [0.25, 0.3) is 10.9 Å². The molecule has 0 bridgehead atoms. The first-order chi connectivity index (χ1) is 7.16. The molecule has 15 heavy (non-hydrogen) atoms. The van der Waals surface area contributed by atoms with Crippen molar-refractivity contribution in [1.29, 1.82) is 0 Å². The first-order valence-corrected chi connectivity index (χ1v) is 5.49. The number of hydrogen-bond donors (Lipinski definition) is 2. The molecular weight excluding hydrogens is 184 g/mol. The SMILES string of the molecule is CC1(C)Cc2c([nH]c3ccccc23)CN1. The van der Waals surface area contributed by atoms with Gasteiger partial charge in [0.2, 0.25) is 0 Å². The molecule has 0 saturated heterocycles. The maximum atomic E-state index is 3.54. The Labute approximate surface area is 89.7 Å². The Morgan fingerprint density at radius 2 is 2.00 bits per heavy atom. The second-order valence-corrected chi connectivity index (χ2v) is 5.04. The number of para-hydroxylation sites is 1. The van der Waals surface area contributed by atoms with Crippen molar-refractivity contribution in [3.8, 4) is 0 Å². The van der Waals surface area contributed by atoms with Crippen LogP contribution < -0.4 is 5.32 Å². The van der Waals surface area contributed by atoms with Crippen molar-refractivity contribution in [3.05, 3.63) is 35.5 Å². The lowest BCUT2D eigenvalue weighted by atomic mass is 9.89. The molecule has 1 aliphatic heterocycles. The third kappa shape index (κ3) is 1.37. The Balaban J connectivity index is 2.22. The Hall–Kier alpha value is -1.28. The minimum atomic E-state index is 0.220. The lowest BCUT2D eigenvalue weighted by Crippen LogP contribution is -2.44. The van der Waals surface area contributed by atoms with Crippen molar-refractivity contribution in [3.63, 3.8) is 0 Å². The molecule has 0 amide bonds. The van der Waals surface area contributed by atoms with E-state index in [2.05, 4.69) is 48.4 Å². The van der Waals surface area contributed by atoms with Gasteiger partial charge in [-0.3, -0.25) is 0 Å². The molecule has 2 aromatic rings. The van der Waals surface area contributed by atoms with E-state index in [4.69, 9.17) is 0 Å². The lowest BCUT2D eigenvalue weighted by molar-refractivity contribution is 0.361. The zero-order chi connectivity index (χ0) is 10.5. The van der Waals surface area contributed by atoms with E-state index < -0.39 is 0 Å². The van der Waals surface area contributed by atoms with Gasteiger partial charge < -0.3 is 10.3 Å². The number of aromatic amines is 1. The van der Waals surface area contributed by atoms with Crippen LogP contribution in [0.15, 0.2) is 24.3 Å². The van der Waals surface area contributed by atoms with Crippen LogP contribution in [0, 0.1) is 0 Å². The van der Waals surface area contributed by atoms with Crippen LogP contribution in [-0.4, -0.2) is 10.5 Å². The van der Waals surface area contributed by atoms with Crippen LogP contribution in [-0.2, 0) is 13.0 Å². The fourth-order valence-corrected chi connectivity index (χ4v) is 2.44. The summed E-state index contributed by atoms with van der Waals surface area (Å²) in [6.45, 7) is 5.48. The zero-order valence-corrected chi connectivity index (χ0v) is 9.22. The molecule has 0 spiro atoms. The highest BCUT2D eigenvalue weighted by atomic mass is 15.0. The van der Waals surface area contributed by atoms with Gasteiger partial charge in [-0.05, 0) is 31.9 Å². The van der Waals surface area contributed by atoms with Crippen LogP contribution in [0.4, 0.5) is 0 Å². The number of H-pyrrole nitrogens is 1. The predicted molar refractivity (Wildman–Crippen MR) is 62.9 cm³/mol. The van der Waals surface area contributed by atoms with Crippen molar-refractivity contribution in [2.24, 2.45) is 0 Å². The fraction of sp³-hybridized carbons (Fsp3) is 0.385. The first-order valence-electron chi connectivity index (χ1n) is 5.49. The molecule has 3 rings (SSSR count). The van der Waals surface area contributed by atoms with Gasteiger partial charge in [0.25, 0.3) is 0 Å². The molecule has 2 nitrogen and oxygen atoms in total. The summed E-state index contributed by atoms with van der Waals surface area (Å²) in [5.41, 5.74) is 4.34. The summed E-state index contributed by atoms with van der Waals surface area (Å²) in [4.78, 5) is 3.49. The third-order valence-corrected chi connectivity index (χ3v) is 3.26. The van der Waals surface area contributed by atoms with Crippen LogP contribution in [0.3, 0.4) is 0 Å². The summed E-state index contributed by atoms with van der Waals surface area (Å²) in [5, 5.41) is 4.94. The van der Waals surface area contributed by atoms with Crippen LogP contribution in [0.5, 0.6) is 0 Å². The summed E-state index contributed by atoms with van der Waals surface area (Å²) in [6, 6.07) is 8.57. The van der Waals surface area contributed by atoms with Gasteiger partial charge in [-0.1, -0.05) is 18.2 Å². The minimum Gasteiger partial charge on any atom is -0.357 e. The fourth-order valence-electron chi connectivity index (χ4n) is 2.44. The molecule has 0 fully saturated rings. The molecule has 2 heterocycles. The summed E-state index contributed by atoms with van der Waals surface area (Å²) in [5.74, 6) is 0. The van der Waals surface area contributed by atoms with E-state index in [0.29, 0.717) is 0 Å². The number of hydrogen-bond acceptors (Lipinski definition) is 1. The Morgan fingerprint density at radius 3 is 2.87 bits per heavy atom. The Bertz CT molecular complexity index is 508. The molecule has 1 aromatic carbocycles. The molecule has 0 atom stereocenters. The monoisotopic (exact) mass is 200 g/mol. The van der Waals surface area contributed by atoms with Gasteiger partial charge in [-0.15, -0.1) is 0 Å². The standard InChI is InChI=1S/C13H16N2/c1-13(2)7-10-9-5-3-4-6-11(9)15-12(10)8-14-13/h3-6,14-15H,7-8H2,1-2H3. The first kappa shape index (κ1) is 8.98. The molecule has 78 valence electrons. The van der Waals surface area contributed by atoms with Crippen molar-refractivity contribution < 1.29 is 0 Å². The summed E-state index contributed by atoms with van der Waals surface area (Å²) in [6.07, 6.45) is 1.10. The van der Waals surface area contributed by atoms with E-state index in [1.807, 2.05) is 0 Å². The molecule has 1 aromatic heterocycles. The third-order valence-electron chi connectivity index (χ3n) is 3.26. The highest BCUT2D eigenvalue weighted by molar-refractivity contribution is 5.85. The normalized spacial score (nSPS) is 19.1. The molecular formula is C13H16N2. The van der Waals surface area contributed by atoms with E-state index in [0.717, 1.165) is 13.0 Å². The van der Waals surface area contributed by atoms with Crippen molar-refractivity contribution in [2.75, 3.05) is 0 Å². The minimum absolute atomic E-state index is 0.220. The summed E-state index contributed by atoms with van der Waals surface area (Å²) < 4.78 is 0. The molecule has 2 heteroatoms. The van der Waals surface area contributed by atoms with Crippen molar-refractivity contribution in [2.45, 2.75) is 32.4 Å². The van der Waals surface area contributed by atoms with E-state index >= 15 is 0 Å². The van der Waals surface area contributed by atoms with Gasteiger partial charge in [-0.2, -0.15) is 0 Å². The van der Waals surface area contributed by atoms with Crippen LogP contribution in [0.1, 0.15) is 25.1 Å². The smallest absolute Gasteiger partial charge is 0.0459 e. The van der Waals surface area contributed by atoms with Gasteiger partial charge in [0.15, 0.2) is 0 Å². The second-order valence-electron chi connectivity index (χ2n) is 5.04. The molecule has 2 N–H and O–H groups in total. The molecule has 0 radical (unpaired) electrons. The summed E-state index contributed by atoms with van der Waals surface area (Å²) >= 11 is 0. The van der Waals surface area contributed by atoms with E-state index in [1.54, 1.807) is 0 Å². The molecule has 1 aliphatic rings. The largest absolute Gasteiger partial charge is 0.357 e. The van der Waals surface area contributed by atoms with E-state index in [1.165, 1.54) is 22.2 Å². The number of nitrogens with one attached hydrogen (secondary N) is 2. The van der Waals surface area contributed by atoms with Crippen molar-refractivity contribution in [1.82, 2.24) is 10.3 Å². The Morgan fingerprint density at radius 1 is 1.20 bits per heavy atom. The average Bonchev–Trinajstić information content (AvgIpc) is 2.55.